The number of amides is 1. The molecule has 0 spiro atoms. The number of esters is 1. The van der Waals surface area contributed by atoms with E-state index < -0.39 is 18.0 Å². The Labute approximate surface area is 198 Å². The summed E-state index contributed by atoms with van der Waals surface area (Å²) >= 11 is 0. The van der Waals surface area contributed by atoms with Crippen LogP contribution in [0.25, 0.3) is 6.08 Å². The molecular formula is C26H28N4O4. The molecule has 1 atom stereocenters. The molecule has 1 N–H and O–H groups in total. The molecule has 8 heteroatoms. The number of nitrogens with one attached hydrogen (secondary N) is 1. The Hall–Kier alpha value is -4.12. The number of hydrogen-bond acceptors (Lipinski definition) is 6. The van der Waals surface area contributed by atoms with E-state index in [9.17, 15) is 14.9 Å². The van der Waals surface area contributed by atoms with Crippen molar-refractivity contribution >= 4 is 23.8 Å². The summed E-state index contributed by atoms with van der Waals surface area (Å²) in [6, 6.07) is 14.0. The minimum absolute atomic E-state index is 0.198. The predicted molar refractivity (Wildman–Crippen MR) is 127 cm³/mol. The number of carbonyl (C=O) groups is 2. The van der Waals surface area contributed by atoms with Crippen LogP contribution in [0.2, 0.25) is 0 Å². The molecule has 0 aliphatic rings. The lowest BCUT2D eigenvalue weighted by Crippen LogP contribution is -2.26. The average molecular weight is 461 g/mol. The van der Waals surface area contributed by atoms with Crippen molar-refractivity contribution in [3.05, 3.63) is 76.3 Å². The first-order chi connectivity index (χ1) is 16.2. The van der Waals surface area contributed by atoms with Gasteiger partial charge in [-0.25, -0.2) is 4.79 Å². The van der Waals surface area contributed by atoms with Crippen molar-refractivity contribution in [1.29, 1.82) is 5.26 Å². The highest BCUT2D eigenvalue weighted by atomic mass is 16.5. The second-order valence-electron chi connectivity index (χ2n) is 8.51. The van der Waals surface area contributed by atoms with Gasteiger partial charge in [0, 0.05) is 29.6 Å². The number of ether oxygens (including phenoxy) is 1. The number of rotatable bonds is 8. The first-order valence-electron chi connectivity index (χ1n) is 11.0. The lowest BCUT2D eigenvalue weighted by molar-refractivity contribution is -0.150. The topological polar surface area (TPSA) is 110 Å². The lowest BCUT2D eigenvalue weighted by Gasteiger charge is -2.17. The normalized spacial score (nSPS) is 12.3. The smallest absolute Gasteiger partial charge is 0.350 e. The van der Waals surface area contributed by atoms with Gasteiger partial charge in [-0.1, -0.05) is 49.3 Å². The van der Waals surface area contributed by atoms with Crippen molar-refractivity contribution in [2.75, 3.05) is 5.32 Å². The van der Waals surface area contributed by atoms with Crippen molar-refractivity contribution in [1.82, 2.24) is 9.72 Å². The summed E-state index contributed by atoms with van der Waals surface area (Å²) in [7, 11) is 0. The van der Waals surface area contributed by atoms with Gasteiger partial charge in [-0.05, 0) is 44.4 Å². The Kier molecular flexibility index (Phi) is 7.69. The summed E-state index contributed by atoms with van der Waals surface area (Å²) < 4.78 is 12.7. The second kappa shape index (κ2) is 10.7. The van der Waals surface area contributed by atoms with E-state index in [2.05, 4.69) is 28.9 Å². The van der Waals surface area contributed by atoms with Crippen LogP contribution in [-0.4, -0.2) is 21.6 Å². The standard InChI is InChI=1S/C26H28N4O4/c1-16(2)15-30-17(3)11-21(19(30)5)13-22(14-27)26(32)33-24(20-9-7-6-8-10-20)25(31)28-23-12-18(4)34-29-23/h6-13,16,24H,15H2,1-5H3,(H,28,29,31)/b22-13+. The molecule has 3 aromatic rings. The van der Waals surface area contributed by atoms with Crippen molar-refractivity contribution in [3.63, 3.8) is 0 Å². The minimum atomic E-state index is -1.28. The third-order valence-electron chi connectivity index (χ3n) is 5.25. The number of nitriles is 1. The van der Waals surface area contributed by atoms with Gasteiger partial charge in [0.1, 0.15) is 17.4 Å². The zero-order chi connectivity index (χ0) is 24.8. The molecule has 0 aliphatic heterocycles. The fourth-order valence-corrected chi connectivity index (χ4v) is 3.60. The number of nitrogens with zero attached hydrogens (tertiary/aromatic N) is 3. The molecule has 1 amide bonds. The monoisotopic (exact) mass is 460 g/mol. The Morgan fingerprint density at radius 2 is 1.91 bits per heavy atom. The van der Waals surface area contributed by atoms with Crippen LogP contribution in [0, 0.1) is 38.0 Å². The third-order valence-corrected chi connectivity index (χ3v) is 5.25. The number of hydrogen-bond donors (Lipinski definition) is 1. The van der Waals surface area contributed by atoms with Crippen LogP contribution in [0.1, 0.15) is 48.2 Å². The van der Waals surface area contributed by atoms with Crippen LogP contribution in [0.4, 0.5) is 5.82 Å². The van der Waals surface area contributed by atoms with Crippen LogP contribution in [0.15, 0.2) is 52.6 Å². The molecule has 3 rings (SSSR count). The van der Waals surface area contributed by atoms with Crippen molar-refractivity contribution in [3.8, 4) is 6.07 Å². The SMILES string of the molecule is Cc1cc(NC(=O)C(OC(=O)/C(C#N)=C/c2cc(C)n(CC(C)C)c2C)c2ccccc2)no1. The summed E-state index contributed by atoms with van der Waals surface area (Å²) in [6.45, 7) is 10.7. The molecule has 0 saturated carbocycles. The zero-order valence-corrected chi connectivity index (χ0v) is 20.0. The molecular weight excluding hydrogens is 432 g/mol. The molecule has 1 unspecified atom stereocenters. The number of aromatic nitrogens is 2. The van der Waals surface area contributed by atoms with E-state index in [4.69, 9.17) is 9.26 Å². The van der Waals surface area contributed by atoms with E-state index in [1.807, 2.05) is 26.0 Å². The summed E-state index contributed by atoms with van der Waals surface area (Å²) in [6.07, 6.45) is 0.221. The van der Waals surface area contributed by atoms with Gasteiger partial charge in [0.2, 0.25) is 6.10 Å². The number of anilines is 1. The van der Waals surface area contributed by atoms with Gasteiger partial charge >= 0.3 is 5.97 Å². The van der Waals surface area contributed by atoms with E-state index in [1.54, 1.807) is 43.3 Å². The zero-order valence-electron chi connectivity index (χ0n) is 20.0. The van der Waals surface area contributed by atoms with Gasteiger partial charge < -0.3 is 19.1 Å². The first kappa shape index (κ1) is 24.5. The molecule has 34 heavy (non-hydrogen) atoms. The van der Waals surface area contributed by atoms with E-state index in [0.717, 1.165) is 23.5 Å². The Bertz CT molecular complexity index is 1250. The van der Waals surface area contributed by atoms with Crippen molar-refractivity contribution < 1.29 is 18.8 Å². The Balaban J connectivity index is 1.87. The van der Waals surface area contributed by atoms with Gasteiger partial charge in [-0.2, -0.15) is 5.26 Å². The maximum Gasteiger partial charge on any atom is 0.350 e. The molecule has 2 aromatic heterocycles. The van der Waals surface area contributed by atoms with Crippen LogP contribution in [0.5, 0.6) is 0 Å². The molecule has 8 nitrogen and oxygen atoms in total. The maximum absolute atomic E-state index is 13.0. The van der Waals surface area contributed by atoms with E-state index >= 15 is 0 Å². The minimum Gasteiger partial charge on any atom is -0.443 e. The van der Waals surface area contributed by atoms with Crippen molar-refractivity contribution in [2.45, 2.75) is 47.3 Å². The summed E-state index contributed by atoms with van der Waals surface area (Å²) in [5, 5.41) is 16.0. The van der Waals surface area contributed by atoms with Crippen LogP contribution in [-0.2, 0) is 20.9 Å². The van der Waals surface area contributed by atoms with Crippen LogP contribution < -0.4 is 5.32 Å². The van der Waals surface area contributed by atoms with Crippen LogP contribution in [0.3, 0.4) is 0 Å². The largest absolute Gasteiger partial charge is 0.443 e. The second-order valence-corrected chi connectivity index (χ2v) is 8.51. The number of carbonyl (C=O) groups excluding carboxylic acids is 2. The third kappa shape index (κ3) is 5.81. The summed E-state index contributed by atoms with van der Waals surface area (Å²) in [5.74, 6) is -0.334. The molecule has 176 valence electrons. The van der Waals surface area contributed by atoms with Gasteiger partial charge in [-0.3, -0.25) is 4.79 Å². The molecule has 0 bridgehead atoms. The highest BCUT2D eigenvalue weighted by Gasteiger charge is 2.27. The molecule has 0 fully saturated rings. The lowest BCUT2D eigenvalue weighted by atomic mass is 10.1. The average Bonchev–Trinajstić information content (AvgIpc) is 3.32. The van der Waals surface area contributed by atoms with Gasteiger partial charge in [0.25, 0.3) is 5.91 Å². The van der Waals surface area contributed by atoms with Gasteiger partial charge in [0.05, 0.1) is 0 Å². The fraction of sp³-hybridized carbons (Fsp3) is 0.308. The molecule has 0 saturated heterocycles. The van der Waals surface area contributed by atoms with E-state index in [1.165, 1.54) is 6.08 Å². The predicted octanol–water partition coefficient (Wildman–Crippen LogP) is 4.89. The van der Waals surface area contributed by atoms with Crippen molar-refractivity contribution in [2.24, 2.45) is 5.92 Å². The molecule has 1 aromatic carbocycles. The molecule has 0 aliphatic carbocycles. The van der Waals surface area contributed by atoms with E-state index in [0.29, 0.717) is 17.2 Å². The quantitative estimate of drug-likeness (QED) is 0.291. The van der Waals surface area contributed by atoms with E-state index in [-0.39, 0.29) is 11.4 Å². The molecule has 2 heterocycles. The van der Waals surface area contributed by atoms with Gasteiger partial charge in [-0.15, -0.1) is 0 Å². The van der Waals surface area contributed by atoms with Gasteiger partial charge in [0.15, 0.2) is 5.82 Å². The highest BCUT2D eigenvalue weighted by molar-refractivity contribution is 6.01. The first-order valence-corrected chi connectivity index (χ1v) is 11.0. The molecule has 0 radical (unpaired) electrons. The summed E-state index contributed by atoms with van der Waals surface area (Å²) in [5.41, 5.74) is 3.00. The Morgan fingerprint density at radius 3 is 2.50 bits per heavy atom. The maximum atomic E-state index is 13.0. The number of benzene rings is 1. The van der Waals surface area contributed by atoms with Crippen LogP contribution >= 0.6 is 0 Å². The summed E-state index contributed by atoms with van der Waals surface area (Å²) in [4.78, 5) is 25.9. The number of aryl methyl sites for hydroxylation is 2. The Morgan fingerprint density at radius 1 is 1.21 bits per heavy atom. The fourth-order valence-electron chi connectivity index (χ4n) is 3.60. The highest BCUT2D eigenvalue weighted by Crippen LogP contribution is 2.24.